The van der Waals surface area contributed by atoms with Gasteiger partial charge in [-0.2, -0.15) is 0 Å². The molecule has 1 fully saturated rings. The predicted octanol–water partition coefficient (Wildman–Crippen LogP) is 3.13. The Morgan fingerprint density at radius 1 is 1.44 bits per heavy atom. The van der Waals surface area contributed by atoms with Gasteiger partial charge in [0.2, 0.25) is 0 Å². The number of esters is 1. The van der Waals surface area contributed by atoms with E-state index in [9.17, 15) is 4.79 Å². The molecule has 3 nitrogen and oxygen atoms in total. The molecule has 1 aliphatic heterocycles. The lowest BCUT2D eigenvalue weighted by atomic mass is 10.2. The topological polar surface area (TPSA) is 29.5 Å². The van der Waals surface area contributed by atoms with Gasteiger partial charge in [0.05, 0.1) is 17.2 Å². The van der Waals surface area contributed by atoms with Gasteiger partial charge in [-0.3, -0.25) is 9.69 Å². The van der Waals surface area contributed by atoms with Crippen molar-refractivity contribution in [1.82, 2.24) is 4.90 Å². The molecule has 1 aromatic rings. The molecule has 2 rings (SSSR count). The van der Waals surface area contributed by atoms with Crippen LogP contribution in [0.15, 0.2) is 18.2 Å². The van der Waals surface area contributed by atoms with Gasteiger partial charge < -0.3 is 4.74 Å². The van der Waals surface area contributed by atoms with E-state index >= 15 is 0 Å². The van der Waals surface area contributed by atoms with Gasteiger partial charge in [0.25, 0.3) is 0 Å². The third kappa shape index (κ3) is 2.97. The molecular formula is C13H15Cl2NO2. The van der Waals surface area contributed by atoms with E-state index < -0.39 is 0 Å². The van der Waals surface area contributed by atoms with Crippen LogP contribution in [0.5, 0.6) is 0 Å². The molecule has 5 heteroatoms. The van der Waals surface area contributed by atoms with E-state index in [4.69, 9.17) is 27.9 Å². The Morgan fingerprint density at radius 3 is 2.89 bits per heavy atom. The molecule has 0 aliphatic carbocycles. The maximum atomic E-state index is 11.6. The lowest BCUT2D eigenvalue weighted by Crippen LogP contribution is -2.36. The average molecular weight is 288 g/mol. The van der Waals surface area contributed by atoms with E-state index in [0.717, 1.165) is 24.9 Å². The van der Waals surface area contributed by atoms with Gasteiger partial charge in [0, 0.05) is 6.54 Å². The molecule has 1 heterocycles. The quantitative estimate of drug-likeness (QED) is 0.800. The highest BCUT2D eigenvalue weighted by molar-refractivity contribution is 6.42. The number of nitrogens with zero attached hydrogens (tertiary/aromatic N) is 1. The van der Waals surface area contributed by atoms with Gasteiger partial charge in [-0.15, -0.1) is 0 Å². The molecule has 0 spiro atoms. The minimum atomic E-state index is -0.160. The summed E-state index contributed by atoms with van der Waals surface area (Å²) in [6.07, 6.45) is 1.87. The zero-order valence-corrected chi connectivity index (χ0v) is 11.7. The van der Waals surface area contributed by atoms with E-state index in [0.29, 0.717) is 16.6 Å². The number of carbonyl (C=O) groups is 1. The summed E-state index contributed by atoms with van der Waals surface area (Å²) in [5.74, 6) is -0.160. The van der Waals surface area contributed by atoms with Crippen LogP contribution in [-0.4, -0.2) is 30.6 Å². The minimum absolute atomic E-state index is 0.135. The van der Waals surface area contributed by atoms with Crippen LogP contribution in [0.1, 0.15) is 18.4 Å². The number of hydrogen-bond donors (Lipinski definition) is 0. The highest BCUT2D eigenvalue weighted by Crippen LogP contribution is 2.26. The smallest absolute Gasteiger partial charge is 0.323 e. The second kappa shape index (κ2) is 5.91. The van der Waals surface area contributed by atoms with E-state index in [1.807, 2.05) is 12.1 Å². The predicted molar refractivity (Wildman–Crippen MR) is 71.9 cm³/mol. The Bertz CT molecular complexity index is 451. The van der Waals surface area contributed by atoms with E-state index in [1.165, 1.54) is 7.11 Å². The van der Waals surface area contributed by atoms with Crippen molar-refractivity contribution in [2.45, 2.75) is 25.4 Å². The first-order chi connectivity index (χ1) is 8.61. The lowest BCUT2D eigenvalue weighted by molar-refractivity contribution is -0.146. The largest absolute Gasteiger partial charge is 0.468 e. The van der Waals surface area contributed by atoms with Crippen LogP contribution < -0.4 is 0 Å². The maximum absolute atomic E-state index is 11.6. The molecule has 1 aliphatic rings. The fraction of sp³-hybridized carbons (Fsp3) is 0.462. The molecule has 0 unspecified atom stereocenters. The Balaban J connectivity index is 2.08. The SMILES string of the molecule is COC(=O)[C@@H]1CCCN1Cc1ccc(Cl)c(Cl)c1. The highest BCUT2D eigenvalue weighted by atomic mass is 35.5. The second-order valence-electron chi connectivity index (χ2n) is 4.40. The third-order valence-corrected chi connectivity index (χ3v) is 3.95. The summed E-state index contributed by atoms with van der Waals surface area (Å²) in [4.78, 5) is 13.7. The molecule has 0 radical (unpaired) electrons. The van der Waals surface area contributed by atoms with E-state index in [-0.39, 0.29) is 12.0 Å². The second-order valence-corrected chi connectivity index (χ2v) is 5.21. The number of likely N-dealkylation sites (tertiary alicyclic amines) is 1. The van der Waals surface area contributed by atoms with Crippen LogP contribution in [0.3, 0.4) is 0 Å². The summed E-state index contributed by atoms with van der Waals surface area (Å²) in [7, 11) is 1.43. The van der Waals surface area contributed by atoms with Crippen molar-refractivity contribution in [1.29, 1.82) is 0 Å². The van der Waals surface area contributed by atoms with Crippen molar-refractivity contribution < 1.29 is 9.53 Å². The number of hydrogen-bond acceptors (Lipinski definition) is 3. The van der Waals surface area contributed by atoms with Gasteiger partial charge in [0.15, 0.2) is 0 Å². The molecule has 0 bridgehead atoms. The highest BCUT2D eigenvalue weighted by Gasteiger charge is 2.31. The number of methoxy groups -OCH3 is 1. The summed E-state index contributed by atoms with van der Waals surface area (Å²) in [6.45, 7) is 1.59. The first-order valence-electron chi connectivity index (χ1n) is 5.87. The van der Waals surface area contributed by atoms with Crippen molar-refractivity contribution in [3.63, 3.8) is 0 Å². The Morgan fingerprint density at radius 2 is 2.22 bits per heavy atom. The first kappa shape index (κ1) is 13.7. The Kier molecular flexibility index (Phi) is 4.49. The van der Waals surface area contributed by atoms with Gasteiger partial charge in [0.1, 0.15) is 6.04 Å². The minimum Gasteiger partial charge on any atom is -0.468 e. The Labute approximate surface area is 117 Å². The van der Waals surface area contributed by atoms with Crippen molar-refractivity contribution in [3.8, 4) is 0 Å². The number of carbonyl (C=O) groups excluding carboxylic acids is 1. The van der Waals surface area contributed by atoms with Crippen LogP contribution in [-0.2, 0) is 16.1 Å². The zero-order chi connectivity index (χ0) is 13.1. The molecule has 18 heavy (non-hydrogen) atoms. The fourth-order valence-electron chi connectivity index (χ4n) is 2.29. The summed E-state index contributed by atoms with van der Waals surface area (Å²) in [5.41, 5.74) is 1.06. The Hall–Kier alpha value is -0.770. The summed E-state index contributed by atoms with van der Waals surface area (Å²) < 4.78 is 4.82. The van der Waals surface area contributed by atoms with Gasteiger partial charge in [-0.25, -0.2) is 0 Å². The van der Waals surface area contributed by atoms with Crippen LogP contribution in [0.4, 0.5) is 0 Å². The number of rotatable bonds is 3. The molecule has 1 aromatic carbocycles. The van der Waals surface area contributed by atoms with Crippen LogP contribution in [0.25, 0.3) is 0 Å². The van der Waals surface area contributed by atoms with Crippen molar-refractivity contribution >= 4 is 29.2 Å². The van der Waals surface area contributed by atoms with Crippen molar-refractivity contribution in [2.75, 3.05) is 13.7 Å². The van der Waals surface area contributed by atoms with Gasteiger partial charge in [-0.05, 0) is 37.1 Å². The maximum Gasteiger partial charge on any atom is 0.323 e. The van der Waals surface area contributed by atoms with Crippen LogP contribution in [0.2, 0.25) is 10.0 Å². The number of benzene rings is 1. The first-order valence-corrected chi connectivity index (χ1v) is 6.63. The molecule has 98 valence electrons. The molecule has 0 saturated carbocycles. The van der Waals surface area contributed by atoms with Gasteiger partial charge >= 0.3 is 5.97 Å². The third-order valence-electron chi connectivity index (χ3n) is 3.21. The monoisotopic (exact) mass is 287 g/mol. The molecule has 1 saturated heterocycles. The van der Waals surface area contributed by atoms with Crippen molar-refractivity contribution in [2.24, 2.45) is 0 Å². The van der Waals surface area contributed by atoms with Crippen molar-refractivity contribution in [3.05, 3.63) is 33.8 Å². The standard InChI is InChI=1S/C13H15Cl2NO2/c1-18-13(17)12-3-2-6-16(12)8-9-4-5-10(14)11(15)7-9/h4-5,7,12H,2-3,6,8H2,1H3/t12-/m0/s1. The lowest BCUT2D eigenvalue weighted by Gasteiger charge is -2.22. The number of ether oxygens (including phenoxy) is 1. The molecule has 0 N–H and O–H groups in total. The summed E-state index contributed by atoms with van der Waals surface area (Å²) >= 11 is 11.9. The van der Waals surface area contributed by atoms with E-state index in [2.05, 4.69) is 4.90 Å². The van der Waals surface area contributed by atoms with E-state index in [1.54, 1.807) is 6.07 Å². The zero-order valence-electron chi connectivity index (χ0n) is 10.2. The number of halogens is 2. The summed E-state index contributed by atoms with van der Waals surface area (Å²) in [6, 6.07) is 5.42. The fourth-order valence-corrected chi connectivity index (χ4v) is 2.61. The average Bonchev–Trinajstić information content (AvgIpc) is 2.81. The normalized spacial score (nSPS) is 20.1. The molecule has 1 atom stereocenters. The molecule has 0 aromatic heterocycles. The molecule has 0 amide bonds. The summed E-state index contributed by atoms with van der Waals surface area (Å²) in [5, 5.41) is 1.09. The van der Waals surface area contributed by atoms with Crippen LogP contribution >= 0.6 is 23.2 Å². The van der Waals surface area contributed by atoms with Crippen LogP contribution in [0, 0.1) is 0 Å². The van der Waals surface area contributed by atoms with Gasteiger partial charge in [-0.1, -0.05) is 29.3 Å². The molecular weight excluding hydrogens is 273 g/mol.